The first-order chi connectivity index (χ1) is 8.54. The lowest BCUT2D eigenvalue weighted by Crippen LogP contribution is -2.01. The monoisotopic (exact) mass is 252 g/mol. The first-order valence-electron chi connectivity index (χ1n) is 5.16. The molecule has 0 aliphatic rings. The average molecular weight is 252 g/mol. The Balaban J connectivity index is 2.06. The van der Waals surface area contributed by atoms with E-state index in [9.17, 15) is 13.2 Å². The highest BCUT2D eigenvalue weighted by Crippen LogP contribution is 2.33. The molecule has 0 atom stereocenters. The van der Waals surface area contributed by atoms with Crippen LogP contribution in [-0.2, 0) is 6.18 Å². The molecule has 0 radical (unpaired) electrons. The molecule has 3 nitrogen and oxygen atoms in total. The van der Waals surface area contributed by atoms with Crippen LogP contribution in [0.3, 0.4) is 0 Å². The number of alkyl halides is 3. The van der Waals surface area contributed by atoms with Crippen molar-refractivity contribution in [1.82, 2.24) is 9.97 Å². The number of hydrogen-bond acceptors (Lipinski definition) is 2. The van der Waals surface area contributed by atoms with Gasteiger partial charge in [0, 0.05) is 0 Å². The summed E-state index contributed by atoms with van der Waals surface area (Å²) in [6.45, 7) is 0. The molecule has 3 rings (SSSR count). The van der Waals surface area contributed by atoms with Crippen LogP contribution in [0, 0.1) is 0 Å². The highest BCUT2D eigenvalue weighted by Gasteiger charge is 2.35. The number of aromatic amines is 1. The number of aromatic nitrogens is 2. The summed E-state index contributed by atoms with van der Waals surface area (Å²) in [5.74, 6) is -0.678. The van der Waals surface area contributed by atoms with Gasteiger partial charge in [0.05, 0.1) is 11.0 Å². The maximum Gasteiger partial charge on any atom is 0.449 e. The number of nitrogens with zero attached hydrogens (tertiary/aromatic N) is 1. The van der Waals surface area contributed by atoms with Crippen molar-refractivity contribution < 1.29 is 17.6 Å². The molecule has 0 spiro atoms. The summed E-state index contributed by atoms with van der Waals surface area (Å²) in [5, 5.41) is 0. The number of hydrogen-bond donors (Lipinski definition) is 1. The molecule has 6 heteroatoms. The van der Waals surface area contributed by atoms with Crippen LogP contribution in [0.25, 0.3) is 22.6 Å². The normalized spacial score (nSPS) is 12.2. The summed E-state index contributed by atoms with van der Waals surface area (Å²) in [5.41, 5.74) is 1.43. The predicted molar refractivity (Wildman–Crippen MR) is 58.8 cm³/mol. The Kier molecular flexibility index (Phi) is 2.19. The van der Waals surface area contributed by atoms with Crippen molar-refractivity contribution in [3.05, 3.63) is 42.2 Å². The Morgan fingerprint density at radius 3 is 2.50 bits per heavy atom. The Labute approximate surface area is 99.3 Å². The van der Waals surface area contributed by atoms with Gasteiger partial charge in [-0.1, -0.05) is 12.1 Å². The number of fused-ring (bicyclic) bond motifs is 1. The number of halogens is 3. The first kappa shape index (κ1) is 10.9. The Bertz CT molecular complexity index is 663. The van der Waals surface area contributed by atoms with Crippen LogP contribution < -0.4 is 0 Å². The molecule has 0 amide bonds. The number of nitrogens with one attached hydrogen (secondary N) is 1. The fourth-order valence-corrected chi connectivity index (χ4v) is 1.69. The predicted octanol–water partition coefficient (Wildman–Crippen LogP) is 3.84. The minimum absolute atomic E-state index is 0.0681. The third-order valence-electron chi connectivity index (χ3n) is 2.51. The summed E-state index contributed by atoms with van der Waals surface area (Å²) in [7, 11) is 0. The second kappa shape index (κ2) is 3.63. The fourth-order valence-electron chi connectivity index (χ4n) is 1.69. The zero-order valence-electron chi connectivity index (χ0n) is 8.95. The van der Waals surface area contributed by atoms with Crippen molar-refractivity contribution in [1.29, 1.82) is 0 Å². The Morgan fingerprint density at radius 2 is 1.83 bits per heavy atom. The number of furan rings is 1. The maximum atomic E-state index is 12.4. The van der Waals surface area contributed by atoms with E-state index < -0.39 is 11.9 Å². The van der Waals surface area contributed by atoms with E-state index in [4.69, 9.17) is 4.42 Å². The van der Waals surface area contributed by atoms with Gasteiger partial charge >= 0.3 is 6.18 Å². The van der Waals surface area contributed by atoms with Crippen molar-refractivity contribution in [2.45, 2.75) is 6.18 Å². The number of imidazole rings is 1. The van der Waals surface area contributed by atoms with Gasteiger partial charge in [-0.25, -0.2) is 4.98 Å². The molecule has 0 saturated carbocycles. The summed E-state index contributed by atoms with van der Waals surface area (Å²) < 4.78 is 41.9. The second-order valence-electron chi connectivity index (χ2n) is 3.76. The van der Waals surface area contributed by atoms with Crippen molar-refractivity contribution in [3.8, 4) is 11.6 Å². The standard InChI is InChI=1S/C12H7F3N2O/c13-12(14,15)10-6-5-9(18-10)11-16-7-3-1-2-4-8(7)17-11/h1-6H,(H,16,17). The summed E-state index contributed by atoms with van der Waals surface area (Å²) in [4.78, 5) is 7.07. The summed E-state index contributed by atoms with van der Waals surface area (Å²) in [6.07, 6.45) is -4.48. The minimum atomic E-state index is -4.48. The van der Waals surface area contributed by atoms with Crippen LogP contribution in [0.15, 0.2) is 40.8 Å². The van der Waals surface area contributed by atoms with Gasteiger partial charge in [-0.05, 0) is 24.3 Å². The molecule has 3 aromatic rings. The van der Waals surface area contributed by atoms with E-state index in [1.165, 1.54) is 6.07 Å². The molecule has 0 bridgehead atoms. The molecule has 0 fully saturated rings. The van der Waals surface area contributed by atoms with E-state index in [2.05, 4.69) is 9.97 Å². The topological polar surface area (TPSA) is 41.8 Å². The summed E-state index contributed by atoms with van der Waals surface area (Å²) in [6, 6.07) is 9.31. The highest BCUT2D eigenvalue weighted by molar-refractivity contribution is 5.78. The largest absolute Gasteiger partial charge is 0.449 e. The van der Waals surface area contributed by atoms with E-state index in [0.29, 0.717) is 5.52 Å². The minimum Gasteiger partial charge on any atom is -0.448 e. The van der Waals surface area contributed by atoms with E-state index in [-0.39, 0.29) is 11.6 Å². The van der Waals surface area contributed by atoms with Crippen LogP contribution in [0.4, 0.5) is 13.2 Å². The average Bonchev–Trinajstić information content (AvgIpc) is 2.94. The SMILES string of the molecule is FC(F)(F)c1ccc(-c2nc3ccccc3[nH]2)o1. The van der Waals surface area contributed by atoms with Crippen molar-refractivity contribution in [2.24, 2.45) is 0 Å². The fraction of sp³-hybridized carbons (Fsp3) is 0.0833. The van der Waals surface area contributed by atoms with Crippen molar-refractivity contribution in [2.75, 3.05) is 0 Å². The third-order valence-corrected chi connectivity index (χ3v) is 2.51. The molecule has 0 saturated heterocycles. The van der Waals surface area contributed by atoms with Gasteiger partial charge < -0.3 is 9.40 Å². The first-order valence-corrected chi connectivity index (χ1v) is 5.16. The molecule has 1 N–H and O–H groups in total. The molecule has 0 aliphatic heterocycles. The van der Waals surface area contributed by atoms with Gasteiger partial charge in [0.1, 0.15) is 0 Å². The van der Waals surface area contributed by atoms with Crippen LogP contribution in [0.2, 0.25) is 0 Å². The number of rotatable bonds is 1. The maximum absolute atomic E-state index is 12.4. The molecule has 18 heavy (non-hydrogen) atoms. The summed E-state index contributed by atoms with van der Waals surface area (Å²) >= 11 is 0. The van der Waals surface area contributed by atoms with E-state index >= 15 is 0 Å². The van der Waals surface area contributed by atoms with E-state index in [1.54, 1.807) is 18.2 Å². The van der Waals surface area contributed by atoms with Gasteiger partial charge in [-0.15, -0.1) is 0 Å². The van der Waals surface area contributed by atoms with Crippen LogP contribution in [0.1, 0.15) is 5.76 Å². The van der Waals surface area contributed by atoms with Crippen molar-refractivity contribution >= 4 is 11.0 Å². The van der Waals surface area contributed by atoms with Gasteiger partial charge in [-0.3, -0.25) is 0 Å². The molecule has 92 valence electrons. The lowest BCUT2D eigenvalue weighted by molar-refractivity contribution is -0.152. The lowest BCUT2D eigenvalue weighted by Gasteiger charge is -1.99. The van der Waals surface area contributed by atoms with Gasteiger partial charge in [-0.2, -0.15) is 13.2 Å². The molecule has 0 unspecified atom stereocenters. The Hall–Kier alpha value is -2.24. The molecule has 2 aromatic heterocycles. The lowest BCUT2D eigenvalue weighted by atomic mass is 10.3. The zero-order valence-corrected chi connectivity index (χ0v) is 8.95. The molecule has 1 aromatic carbocycles. The third kappa shape index (κ3) is 1.75. The molecular weight excluding hydrogens is 245 g/mol. The van der Waals surface area contributed by atoms with Crippen LogP contribution in [-0.4, -0.2) is 9.97 Å². The smallest absolute Gasteiger partial charge is 0.448 e. The van der Waals surface area contributed by atoms with Crippen LogP contribution in [0.5, 0.6) is 0 Å². The second-order valence-corrected chi connectivity index (χ2v) is 3.76. The van der Waals surface area contributed by atoms with E-state index in [0.717, 1.165) is 11.6 Å². The number of benzene rings is 1. The van der Waals surface area contributed by atoms with Gasteiger partial charge in [0.15, 0.2) is 11.6 Å². The number of H-pyrrole nitrogens is 1. The zero-order chi connectivity index (χ0) is 12.8. The number of para-hydroxylation sites is 2. The van der Waals surface area contributed by atoms with Gasteiger partial charge in [0.25, 0.3) is 0 Å². The van der Waals surface area contributed by atoms with E-state index in [1.807, 2.05) is 6.07 Å². The highest BCUT2D eigenvalue weighted by atomic mass is 19.4. The molecular formula is C12H7F3N2O. The Morgan fingerprint density at radius 1 is 1.06 bits per heavy atom. The molecule has 0 aliphatic carbocycles. The molecule has 2 heterocycles. The van der Waals surface area contributed by atoms with Gasteiger partial charge in [0.2, 0.25) is 5.76 Å². The van der Waals surface area contributed by atoms with Crippen LogP contribution >= 0.6 is 0 Å². The quantitative estimate of drug-likeness (QED) is 0.714. The van der Waals surface area contributed by atoms with Crippen molar-refractivity contribution in [3.63, 3.8) is 0 Å².